The predicted molar refractivity (Wildman–Crippen MR) is 115 cm³/mol. The zero-order valence-corrected chi connectivity index (χ0v) is 17.6. The summed E-state index contributed by atoms with van der Waals surface area (Å²) in [5.74, 6) is 1.36. The van der Waals surface area contributed by atoms with E-state index in [-0.39, 0.29) is 11.9 Å². The Morgan fingerprint density at radius 2 is 1.87 bits per heavy atom. The van der Waals surface area contributed by atoms with E-state index in [9.17, 15) is 4.79 Å². The van der Waals surface area contributed by atoms with Gasteiger partial charge in [-0.3, -0.25) is 10.1 Å². The molecule has 0 spiro atoms. The molecule has 31 heavy (non-hydrogen) atoms. The van der Waals surface area contributed by atoms with Gasteiger partial charge in [-0.25, -0.2) is 9.67 Å². The van der Waals surface area contributed by atoms with E-state index in [2.05, 4.69) is 33.5 Å². The lowest BCUT2D eigenvalue weighted by atomic mass is 10.1. The number of anilines is 1. The second-order valence-electron chi connectivity index (χ2n) is 7.26. The van der Waals surface area contributed by atoms with Crippen LogP contribution in [-0.2, 0) is 13.2 Å². The van der Waals surface area contributed by atoms with Crippen LogP contribution >= 0.6 is 0 Å². The van der Waals surface area contributed by atoms with E-state index in [0.717, 1.165) is 22.6 Å². The van der Waals surface area contributed by atoms with Crippen LogP contribution in [0.3, 0.4) is 0 Å². The molecule has 158 valence electrons. The lowest BCUT2D eigenvalue weighted by molar-refractivity contribution is 0.102. The largest absolute Gasteiger partial charge is 0.489 e. The summed E-state index contributed by atoms with van der Waals surface area (Å²) in [5.41, 5.74) is 4.55. The Hall–Kier alpha value is -3.94. The Kier molecular flexibility index (Phi) is 5.79. The van der Waals surface area contributed by atoms with Crippen molar-refractivity contribution < 1.29 is 14.1 Å². The molecule has 0 unspecified atom stereocenters. The molecule has 0 aliphatic rings. The first-order valence-corrected chi connectivity index (χ1v) is 9.89. The molecular formula is C23H23N5O3. The minimum absolute atomic E-state index is 0.261. The Morgan fingerprint density at radius 3 is 2.58 bits per heavy atom. The third kappa shape index (κ3) is 4.80. The highest BCUT2D eigenvalue weighted by atomic mass is 16.5. The van der Waals surface area contributed by atoms with E-state index >= 15 is 0 Å². The van der Waals surface area contributed by atoms with Crippen LogP contribution in [0.5, 0.6) is 5.75 Å². The first-order valence-electron chi connectivity index (χ1n) is 9.89. The summed E-state index contributed by atoms with van der Waals surface area (Å²) in [5, 5.41) is 11.0. The van der Waals surface area contributed by atoms with E-state index in [1.54, 1.807) is 35.3 Å². The average molecular weight is 417 g/mol. The van der Waals surface area contributed by atoms with Crippen molar-refractivity contribution in [2.24, 2.45) is 0 Å². The maximum atomic E-state index is 12.5. The van der Waals surface area contributed by atoms with Crippen molar-refractivity contribution in [2.75, 3.05) is 5.32 Å². The second-order valence-corrected chi connectivity index (χ2v) is 7.26. The number of nitrogens with zero attached hydrogens (tertiary/aromatic N) is 4. The molecule has 1 amide bonds. The predicted octanol–water partition coefficient (Wildman–Crippen LogP) is 4.07. The van der Waals surface area contributed by atoms with Gasteiger partial charge in [0.2, 0.25) is 5.95 Å². The summed E-state index contributed by atoms with van der Waals surface area (Å²) in [6, 6.07) is 15.0. The summed E-state index contributed by atoms with van der Waals surface area (Å²) in [7, 11) is 0. The molecule has 2 aromatic heterocycles. The first kappa shape index (κ1) is 20.3. The molecule has 2 aromatic carbocycles. The molecule has 4 rings (SSSR count). The van der Waals surface area contributed by atoms with Crippen molar-refractivity contribution in [3.63, 3.8) is 0 Å². The molecule has 0 radical (unpaired) electrons. The fourth-order valence-corrected chi connectivity index (χ4v) is 3.13. The number of ether oxygens (including phenoxy) is 1. The van der Waals surface area contributed by atoms with Gasteiger partial charge in [0.05, 0.1) is 17.8 Å². The third-order valence-corrected chi connectivity index (χ3v) is 5.04. The molecule has 0 atom stereocenters. The molecule has 8 heteroatoms. The quantitative estimate of drug-likeness (QED) is 0.487. The van der Waals surface area contributed by atoms with Gasteiger partial charge < -0.3 is 9.26 Å². The molecule has 0 aliphatic heterocycles. The Morgan fingerprint density at radius 1 is 1.10 bits per heavy atom. The summed E-state index contributed by atoms with van der Waals surface area (Å²) in [4.78, 5) is 16.7. The van der Waals surface area contributed by atoms with E-state index < -0.39 is 0 Å². The maximum Gasteiger partial charge on any atom is 0.258 e. The number of carbonyl (C=O) groups is 1. The Bertz CT molecular complexity index is 1170. The number of aryl methyl sites for hydroxylation is 3. The van der Waals surface area contributed by atoms with Crippen LogP contribution in [0.1, 0.15) is 38.5 Å². The molecule has 4 aromatic rings. The van der Waals surface area contributed by atoms with Crippen LogP contribution in [-0.4, -0.2) is 25.8 Å². The van der Waals surface area contributed by atoms with Gasteiger partial charge in [-0.05, 0) is 56.2 Å². The van der Waals surface area contributed by atoms with Crippen LogP contribution < -0.4 is 10.1 Å². The Labute approximate surface area is 179 Å². The molecule has 0 aliphatic carbocycles. The SMILES string of the molecule is Cc1ccccc1Cn1cnc(NC(=O)c2ccc(OCc3c(C)noc3C)cc2)n1. The van der Waals surface area contributed by atoms with Gasteiger partial charge in [0.25, 0.3) is 5.91 Å². The van der Waals surface area contributed by atoms with Crippen LogP contribution in [0, 0.1) is 20.8 Å². The van der Waals surface area contributed by atoms with Gasteiger partial charge in [-0.15, -0.1) is 5.10 Å². The number of carbonyl (C=O) groups excluding carboxylic acids is 1. The van der Waals surface area contributed by atoms with Crippen molar-refractivity contribution in [2.45, 2.75) is 33.9 Å². The number of hydrogen-bond donors (Lipinski definition) is 1. The van der Waals surface area contributed by atoms with E-state index in [1.165, 1.54) is 5.56 Å². The second kappa shape index (κ2) is 8.83. The molecule has 0 fully saturated rings. The number of amides is 1. The summed E-state index contributed by atoms with van der Waals surface area (Å²) in [6.07, 6.45) is 1.60. The van der Waals surface area contributed by atoms with Crippen LogP contribution in [0.2, 0.25) is 0 Å². The lowest BCUT2D eigenvalue weighted by Crippen LogP contribution is -2.13. The summed E-state index contributed by atoms with van der Waals surface area (Å²) >= 11 is 0. The standard InChI is InChI=1S/C23H23N5O3/c1-15-6-4-5-7-19(15)12-28-14-24-23(26-28)25-22(29)18-8-10-20(11-9-18)30-13-21-16(2)27-31-17(21)3/h4-11,14H,12-13H2,1-3H3,(H,25,26,29). The van der Waals surface area contributed by atoms with Gasteiger partial charge in [0.1, 0.15) is 24.4 Å². The topological polar surface area (TPSA) is 95.1 Å². The lowest BCUT2D eigenvalue weighted by Gasteiger charge is -2.07. The van der Waals surface area contributed by atoms with Crippen LogP contribution in [0.25, 0.3) is 0 Å². The maximum absolute atomic E-state index is 12.5. The van der Waals surface area contributed by atoms with Crippen molar-refractivity contribution in [1.29, 1.82) is 0 Å². The number of aromatic nitrogens is 4. The van der Waals surface area contributed by atoms with Crippen LogP contribution in [0.4, 0.5) is 5.95 Å². The number of nitrogens with one attached hydrogen (secondary N) is 1. The smallest absolute Gasteiger partial charge is 0.258 e. The normalized spacial score (nSPS) is 10.8. The highest BCUT2D eigenvalue weighted by Gasteiger charge is 2.12. The van der Waals surface area contributed by atoms with Gasteiger partial charge in [0, 0.05) is 5.56 Å². The van der Waals surface area contributed by atoms with Crippen LogP contribution in [0.15, 0.2) is 59.4 Å². The number of rotatable bonds is 7. The monoisotopic (exact) mass is 417 g/mol. The zero-order chi connectivity index (χ0) is 21.8. The number of hydrogen-bond acceptors (Lipinski definition) is 6. The third-order valence-electron chi connectivity index (χ3n) is 5.04. The summed E-state index contributed by atoms with van der Waals surface area (Å²) < 4.78 is 12.6. The van der Waals surface area contributed by atoms with E-state index in [4.69, 9.17) is 9.26 Å². The minimum atomic E-state index is -0.286. The van der Waals surface area contributed by atoms with Crippen molar-refractivity contribution >= 4 is 11.9 Å². The van der Waals surface area contributed by atoms with Crippen molar-refractivity contribution in [1.82, 2.24) is 19.9 Å². The molecule has 0 bridgehead atoms. The highest BCUT2D eigenvalue weighted by Crippen LogP contribution is 2.18. The van der Waals surface area contributed by atoms with E-state index in [0.29, 0.717) is 24.5 Å². The number of benzene rings is 2. The zero-order valence-electron chi connectivity index (χ0n) is 17.6. The fraction of sp³-hybridized carbons (Fsp3) is 0.217. The van der Waals surface area contributed by atoms with E-state index in [1.807, 2.05) is 32.0 Å². The Balaban J connectivity index is 1.35. The highest BCUT2D eigenvalue weighted by molar-refractivity contribution is 6.03. The van der Waals surface area contributed by atoms with Gasteiger partial charge in [-0.1, -0.05) is 29.4 Å². The fourth-order valence-electron chi connectivity index (χ4n) is 3.13. The molecular weight excluding hydrogens is 394 g/mol. The van der Waals surface area contributed by atoms with Gasteiger partial charge in [0.15, 0.2) is 0 Å². The molecule has 1 N–H and O–H groups in total. The molecule has 0 saturated carbocycles. The van der Waals surface area contributed by atoms with Crippen molar-refractivity contribution in [3.05, 3.63) is 88.6 Å². The first-order chi connectivity index (χ1) is 15.0. The van der Waals surface area contributed by atoms with Crippen molar-refractivity contribution in [3.8, 4) is 5.75 Å². The van der Waals surface area contributed by atoms with Gasteiger partial charge in [-0.2, -0.15) is 0 Å². The summed E-state index contributed by atoms with van der Waals surface area (Å²) in [6.45, 7) is 6.72. The molecule has 2 heterocycles. The minimum Gasteiger partial charge on any atom is -0.489 e. The molecule has 8 nitrogen and oxygen atoms in total. The van der Waals surface area contributed by atoms with Gasteiger partial charge >= 0.3 is 0 Å². The average Bonchev–Trinajstić information content (AvgIpc) is 3.34. The molecule has 0 saturated heterocycles.